The van der Waals surface area contributed by atoms with Gasteiger partial charge in [0.05, 0.1) is 12.8 Å². The molecule has 1 N–H and O–H groups in total. The topological polar surface area (TPSA) is 66.5 Å². The molecule has 0 unspecified atom stereocenters. The van der Waals surface area contributed by atoms with Crippen LogP contribution in [0.4, 0.5) is 0 Å². The van der Waals surface area contributed by atoms with Crippen LogP contribution >= 0.6 is 0 Å². The number of rotatable bonds is 9. The fourth-order valence-corrected chi connectivity index (χ4v) is 2.63. The van der Waals surface area contributed by atoms with E-state index in [1.54, 1.807) is 0 Å². The Bertz CT molecular complexity index is 529. The Hall–Kier alpha value is -1.40. The van der Waals surface area contributed by atoms with E-state index < -0.39 is 10.0 Å². The first-order valence-corrected chi connectivity index (χ1v) is 9.04. The van der Waals surface area contributed by atoms with Gasteiger partial charge in [-0.15, -0.1) is 0 Å². The maximum atomic E-state index is 11.8. The minimum Gasteiger partial charge on any atom is -0.355 e. The van der Waals surface area contributed by atoms with E-state index in [2.05, 4.69) is 12.2 Å². The van der Waals surface area contributed by atoms with Gasteiger partial charge in [-0.25, -0.2) is 8.42 Å². The lowest BCUT2D eigenvalue weighted by atomic mass is 10.2. The number of nitrogens with one attached hydrogen (secondary N) is 1. The molecule has 1 amide bonds. The molecule has 1 aromatic carbocycles. The number of nitrogens with zero attached hydrogens (tertiary/aromatic N) is 1. The molecule has 118 valence electrons. The lowest BCUT2D eigenvalue weighted by Gasteiger charge is -2.19. The lowest BCUT2D eigenvalue weighted by molar-refractivity contribution is -0.121. The number of sulfonamides is 1. The summed E-state index contributed by atoms with van der Waals surface area (Å²) in [6.07, 6.45) is 4.18. The molecular weight excluding hydrogens is 288 g/mol. The Labute approximate surface area is 127 Å². The summed E-state index contributed by atoms with van der Waals surface area (Å²) in [4.78, 5) is 11.8. The highest BCUT2D eigenvalue weighted by Crippen LogP contribution is 2.07. The van der Waals surface area contributed by atoms with Gasteiger partial charge in [0.1, 0.15) is 0 Å². The van der Waals surface area contributed by atoms with Crippen molar-refractivity contribution >= 4 is 15.9 Å². The van der Waals surface area contributed by atoms with Gasteiger partial charge in [0.25, 0.3) is 0 Å². The van der Waals surface area contributed by atoms with Gasteiger partial charge in [-0.05, 0) is 12.0 Å². The van der Waals surface area contributed by atoms with Gasteiger partial charge in [-0.1, -0.05) is 50.1 Å². The third-order valence-electron chi connectivity index (χ3n) is 3.09. The van der Waals surface area contributed by atoms with E-state index in [0.29, 0.717) is 6.54 Å². The molecule has 21 heavy (non-hydrogen) atoms. The molecule has 0 fully saturated rings. The summed E-state index contributed by atoms with van der Waals surface area (Å²) in [5.41, 5.74) is 0.863. The Balaban J connectivity index is 2.57. The van der Waals surface area contributed by atoms with E-state index in [4.69, 9.17) is 0 Å². The highest BCUT2D eigenvalue weighted by atomic mass is 32.2. The van der Waals surface area contributed by atoms with Crippen LogP contribution in [-0.2, 0) is 21.4 Å². The minimum atomic E-state index is -3.42. The first kappa shape index (κ1) is 17.7. The van der Waals surface area contributed by atoms with Crippen molar-refractivity contribution in [2.45, 2.75) is 32.7 Å². The van der Waals surface area contributed by atoms with Crippen LogP contribution in [0.15, 0.2) is 30.3 Å². The zero-order valence-electron chi connectivity index (χ0n) is 12.7. The Kier molecular flexibility index (Phi) is 7.39. The Morgan fingerprint density at radius 2 is 1.86 bits per heavy atom. The quantitative estimate of drug-likeness (QED) is 0.707. The number of hydrogen-bond donors (Lipinski definition) is 1. The predicted molar refractivity (Wildman–Crippen MR) is 84.2 cm³/mol. The molecule has 6 heteroatoms. The molecule has 0 aromatic heterocycles. The van der Waals surface area contributed by atoms with Gasteiger partial charge in [-0.3, -0.25) is 4.79 Å². The normalized spacial score (nSPS) is 11.6. The molecule has 1 aromatic rings. The number of carbonyl (C=O) groups excluding carboxylic acids is 1. The summed E-state index contributed by atoms with van der Waals surface area (Å²) in [6.45, 7) is 2.75. The van der Waals surface area contributed by atoms with Crippen molar-refractivity contribution in [3.05, 3.63) is 35.9 Å². The summed E-state index contributed by atoms with van der Waals surface area (Å²) >= 11 is 0. The van der Waals surface area contributed by atoms with E-state index in [1.807, 2.05) is 30.3 Å². The van der Waals surface area contributed by atoms with Crippen LogP contribution in [0.5, 0.6) is 0 Å². The van der Waals surface area contributed by atoms with E-state index in [-0.39, 0.29) is 19.0 Å². The molecule has 0 bridgehead atoms. The maximum absolute atomic E-state index is 11.8. The van der Waals surface area contributed by atoms with Crippen LogP contribution in [0.2, 0.25) is 0 Å². The fraction of sp³-hybridized carbons (Fsp3) is 0.533. The highest BCUT2D eigenvalue weighted by molar-refractivity contribution is 7.88. The molecular formula is C15H24N2O3S. The van der Waals surface area contributed by atoms with Crippen LogP contribution in [0.3, 0.4) is 0 Å². The number of unbranched alkanes of at least 4 members (excludes halogenated alkanes) is 2. The minimum absolute atomic E-state index is 0.139. The number of benzene rings is 1. The fourth-order valence-electron chi connectivity index (χ4n) is 1.90. The zero-order chi connectivity index (χ0) is 15.7. The van der Waals surface area contributed by atoms with Crippen molar-refractivity contribution in [2.24, 2.45) is 0 Å². The van der Waals surface area contributed by atoms with Crippen LogP contribution in [0.1, 0.15) is 31.7 Å². The van der Waals surface area contributed by atoms with Crippen molar-refractivity contribution in [1.82, 2.24) is 9.62 Å². The molecule has 0 aliphatic rings. The molecule has 0 saturated carbocycles. The Morgan fingerprint density at radius 3 is 2.43 bits per heavy atom. The van der Waals surface area contributed by atoms with Gasteiger partial charge in [0.15, 0.2) is 0 Å². The van der Waals surface area contributed by atoms with Gasteiger partial charge in [0, 0.05) is 13.1 Å². The third-order valence-corrected chi connectivity index (χ3v) is 4.29. The van der Waals surface area contributed by atoms with E-state index in [0.717, 1.165) is 31.1 Å². The Morgan fingerprint density at radius 1 is 1.19 bits per heavy atom. The van der Waals surface area contributed by atoms with Crippen LogP contribution in [-0.4, -0.2) is 38.0 Å². The summed E-state index contributed by atoms with van der Waals surface area (Å²) in [7, 11) is -3.42. The second-order valence-electron chi connectivity index (χ2n) is 5.07. The number of carbonyl (C=O) groups is 1. The smallest absolute Gasteiger partial charge is 0.235 e. The first-order valence-electron chi connectivity index (χ1n) is 7.19. The van der Waals surface area contributed by atoms with Crippen molar-refractivity contribution in [3.63, 3.8) is 0 Å². The summed E-state index contributed by atoms with van der Waals surface area (Å²) in [5, 5.41) is 2.76. The van der Waals surface area contributed by atoms with Crippen LogP contribution in [0.25, 0.3) is 0 Å². The van der Waals surface area contributed by atoms with E-state index in [1.165, 1.54) is 4.31 Å². The second-order valence-corrected chi connectivity index (χ2v) is 7.06. The molecule has 5 nitrogen and oxygen atoms in total. The highest BCUT2D eigenvalue weighted by Gasteiger charge is 2.20. The summed E-state index contributed by atoms with van der Waals surface area (Å²) in [5.74, 6) is -0.257. The van der Waals surface area contributed by atoms with Crippen LogP contribution in [0, 0.1) is 0 Å². The first-order chi connectivity index (χ1) is 9.93. The van der Waals surface area contributed by atoms with E-state index >= 15 is 0 Å². The average Bonchev–Trinajstić information content (AvgIpc) is 2.43. The van der Waals surface area contributed by atoms with Gasteiger partial charge >= 0.3 is 0 Å². The third kappa shape index (κ3) is 7.24. The molecule has 0 aliphatic heterocycles. The monoisotopic (exact) mass is 312 g/mol. The molecule has 0 atom stereocenters. The summed E-state index contributed by atoms with van der Waals surface area (Å²) in [6, 6.07) is 9.25. The molecule has 0 saturated heterocycles. The number of amides is 1. The van der Waals surface area contributed by atoms with Crippen molar-refractivity contribution in [3.8, 4) is 0 Å². The van der Waals surface area contributed by atoms with Crippen LogP contribution < -0.4 is 5.32 Å². The van der Waals surface area contributed by atoms with E-state index in [9.17, 15) is 13.2 Å². The molecule has 0 spiro atoms. The van der Waals surface area contributed by atoms with Crippen molar-refractivity contribution in [2.75, 3.05) is 19.3 Å². The van der Waals surface area contributed by atoms with Gasteiger partial charge in [-0.2, -0.15) is 4.31 Å². The average molecular weight is 312 g/mol. The standard InChI is InChI=1S/C15H24N2O3S/c1-3-4-8-11-16-15(18)13-17(21(2,19)20)12-14-9-6-5-7-10-14/h5-7,9-10H,3-4,8,11-13H2,1-2H3,(H,16,18). The van der Waals surface area contributed by atoms with Crippen molar-refractivity contribution in [1.29, 1.82) is 0 Å². The van der Waals surface area contributed by atoms with Gasteiger partial charge < -0.3 is 5.32 Å². The second kappa shape index (κ2) is 8.79. The largest absolute Gasteiger partial charge is 0.355 e. The molecule has 1 rings (SSSR count). The zero-order valence-corrected chi connectivity index (χ0v) is 13.5. The predicted octanol–water partition coefficient (Wildman–Crippen LogP) is 1.75. The summed E-state index contributed by atoms with van der Waals surface area (Å²) < 4.78 is 24.8. The lowest BCUT2D eigenvalue weighted by Crippen LogP contribution is -2.40. The maximum Gasteiger partial charge on any atom is 0.235 e. The SMILES string of the molecule is CCCCCNC(=O)CN(Cc1ccccc1)S(C)(=O)=O. The molecule has 0 heterocycles. The molecule has 0 aliphatic carbocycles. The molecule has 0 radical (unpaired) electrons. The van der Waals surface area contributed by atoms with Gasteiger partial charge in [0.2, 0.25) is 15.9 Å². The van der Waals surface area contributed by atoms with Crippen molar-refractivity contribution < 1.29 is 13.2 Å². The number of hydrogen-bond acceptors (Lipinski definition) is 3.